The van der Waals surface area contributed by atoms with Crippen LogP contribution in [0.1, 0.15) is 22.0 Å². The summed E-state index contributed by atoms with van der Waals surface area (Å²) >= 11 is 1.66. The SMILES string of the molecule is CN=C(NCc1sc(C)nc1C)NC1CCN(c2c(F)cccc2F)C1.I. The molecule has 2 heterocycles. The molecule has 0 amide bonds. The third-order valence-corrected chi connectivity index (χ3v) is 5.50. The normalized spacial score (nSPS) is 17.0. The maximum Gasteiger partial charge on any atom is 0.191 e. The number of benzene rings is 1. The van der Waals surface area contributed by atoms with E-state index in [4.69, 9.17) is 0 Å². The highest BCUT2D eigenvalue weighted by molar-refractivity contribution is 14.0. The molecule has 2 N–H and O–H groups in total. The van der Waals surface area contributed by atoms with Crippen LogP contribution in [0.4, 0.5) is 14.5 Å². The Hall–Kier alpha value is -1.49. The van der Waals surface area contributed by atoms with Gasteiger partial charge < -0.3 is 15.5 Å². The van der Waals surface area contributed by atoms with Gasteiger partial charge in [-0.2, -0.15) is 0 Å². The molecule has 9 heteroatoms. The van der Waals surface area contributed by atoms with E-state index in [-0.39, 0.29) is 35.7 Å². The Morgan fingerprint density at radius 3 is 2.63 bits per heavy atom. The highest BCUT2D eigenvalue weighted by atomic mass is 127. The number of hydrogen-bond acceptors (Lipinski definition) is 4. The van der Waals surface area contributed by atoms with E-state index in [1.807, 2.05) is 13.8 Å². The van der Waals surface area contributed by atoms with Gasteiger partial charge >= 0.3 is 0 Å². The Bertz CT molecular complexity index is 791. The van der Waals surface area contributed by atoms with Gasteiger partial charge in [-0.25, -0.2) is 13.8 Å². The van der Waals surface area contributed by atoms with Crippen LogP contribution in [-0.2, 0) is 6.54 Å². The first-order chi connectivity index (χ1) is 12.5. The molecule has 1 aliphatic rings. The standard InChI is InChI=1S/C18H23F2N5S.HI/c1-11-16(26-12(2)23-11)9-22-18(21-3)24-13-7-8-25(10-13)17-14(19)5-4-6-15(17)20;/h4-6,13H,7-10H2,1-3H3,(H2,21,22,24);1H. The molecule has 1 aliphatic heterocycles. The van der Waals surface area contributed by atoms with Crippen molar-refractivity contribution in [3.63, 3.8) is 0 Å². The summed E-state index contributed by atoms with van der Waals surface area (Å²) in [5.41, 5.74) is 1.08. The number of nitrogens with zero attached hydrogens (tertiary/aromatic N) is 3. The molecule has 0 spiro atoms. The lowest BCUT2D eigenvalue weighted by molar-refractivity contribution is 0.576. The molecule has 0 saturated carbocycles. The predicted molar refractivity (Wildman–Crippen MR) is 117 cm³/mol. The summed E-state index contributed by atoms with van der Waals surface area (Å²) in [5, 5.41) is 7.67. The molecule has 1 saturated heterocycles. The summed E-state index contributed by atoms with van der Waals surface area (Å²) in [5.74, 6) is -0.371. The molecular weight excluding hydrogens is 483 g/mol. The average Bonchev–Trinajstić information content (AvgIpc) is 3.17. The lowest BCUT2D eigenvalue weighted by Gasteiger charge is -2.21. The monoisotopic (exact) mass is 507 g/mol. The van der Waals surface area contributed by atoms with E-state index < -0.39 is 11.6 Å². The van der Waals surface area contributed by atoms with E-state index >= 15 is 0 Å². The average molecular weight is 507 g/mol. The van der Waals surface area contributed by atoms with Crippen LogP contribution < -0.4 is 15.5 Å². The second kappa shape index (κ2) is 9.63. The van der Waals surface area contributed by atoms with E-state index in [1.54, 1.807) is 23.3 Å². The van der Waals surface area contributed by atoms with E-state index in [2.05, 4.69) is 20.6 Å². The molecule has 5 nitrogen and oxygen atoms in total. The summed E-state index contributed by atoms with van der Waals surface area (Å²) in [6, 6.07) is 4.04. The molecule has 1 aromatic heterocycles. The largest absolute Gasteiger partial charge is 0.365 e. The summed E-state index contributed by atoms with van der Waals surface area (Å²) in [7, 11) is 1.71. The molecule has 1 unspecified atom stereocenters. The molecular formula is C18H24F2IN5S. The quantitative estimate of drug-likeness (QED) is 0.378. The Kier molecular flexibility index (Phi) is 7.78. The zero-order chi connectivity index (χ0) is 18.7. The van der Waals surface area contributed by atoms with Crippen LogP contribution in [0.5, 0.6) is 0 Å². The number of para-hydroxylation sites is 1. The first-order valence-corrected chi connectivity index (χ1v) is 9.38. The fraction of sp³-hybridized carbons (Fsp3) is 0.444. The fourth-order valence-electron chi connectivity index (χ4n) is 3.16. The van der Waals surface area contributed by atoms with Crippen molar-refractivity contribution < 1.29 is 8.78 Å². The zero-order valence-electron chi connectivity index (χ0n) is 15.6. The number of aromatic nitrogens is 1. The minimum atomic E-state index is -0.524. The second-order valence-electron chi connectivity index (χ2n) is 6.31. The molecule has 0 bridgehead atoms. The Labute approximate surface area is 179 Å². The number of rotatable bonds is 4. The molecule has 3 rings (SSSR count). The number of halogens is 3. The minimum absolute atomic E-state index is 0. The molecule has 1 fully saturated rings. The molecule has 1 atom stereocenters. The maximum absolute atomic E-state index is 14.0. The van der Waals surface area contributed by atoms with Gasteiger partial charge in [0, 0.05) is 31.1 Å². The van der Waals surface area contributed by atoms with Gasteiger partial charge in [0.05, 0.1) is 17.2 Å². The fourth-order valence-corrected chi connectivity index (χ4v) is 4.04. The van der Waals surface area contributed by atoms with Crippen LogP contribution >= 0.6 is 35.3 Å². The minimum Gasteiger partial charge on any atom is -0.365 e. The lowest BCUT2D eigenvalue weighted by atomic mass is 10.2. The van der Waals surface area contributed by atoms with Gasteiger partial charge in [0.2, 0.25) is 0 Å². The van der Waals surface area contributed by atoms with E-state index in [0.29, 0.717) is 25.6 Å². The Morgan fingerprint density at radius 2 is 2.04 bits per heavy atom. The smallest absolute Gasteiger partial charge is 0.191 e. The molecule has 1 aromatic carbocycles. The summed E-state index contributed by atoms with van der Waals surface area (Å²) in [6.45, 7) is 5.75. The maximum atomic E-state index is 14.0. The number of anilines is 1. The molecule has 0 radical (unpaired) electrons. The summed E-state index contributed by atoms with van der Waals surface area (Å²) < 4.78 is 27.9. The third-order valence-electron chi connectivity index (χ3n) is 4.42. The highest BCUT2D eigenvalue weighted by Gasteiger charge is 2.27. The number of aliphatic imine (C=N–C) groups is 1. The van der Waals surface area contributed by atoms with Crippen LogP contribution in [0.25, 0.3) is 0 Å². The Morgan fingerprint density at radius 1 is 1.33 bits per heavy atom. The summed E-state index contributed by atoms with van der Waals surface area (Å²) in [6.07, 6.45) is 0.785. The van der Waals surface area contributed by atoms with E-state index in [1.165, 1.54) is 23.1 Å². The topological polar surface area (TPSA) is 52.6 Å². The molecule has 2 aromatic rings. The lowest BCUT2D eigenvalue weighted by Crippen LogP contribution is -2.44. The second-order valence-corrected chi connectivity index (χ2v) is 7.60. The van der Waals surface area contributed by atoms with Crippen LogP contribution in [0.3, 0.4) is 0 Å². The number of nitrogens with one attached hydrogen (secondary N) is 2. The van der Waals surface area contributed by atoms with E-state index in [9.17, 15) is 8.78 Å². The van der Waals surface area contributed by atoms with Crippen molar-refractivity contribution in [3.05, 3.63) is 45.4 Å². The van der Waals surface area contributed by atoms with Crippen LogP contribution in [-0.4, -0.2) is 37.1 Å². The van der Waals surface area contributed by atoms with Crippen LogP contribution in [0.2, 0.25) is 0 Å². The van der Waals surface area contributed by atoms with Crippen molar-refractivity contribution in [1.29, 1.82) is 0 Å². The van der Waals surface area contributed by atoms with Gasteiger partial charge in [-0.1, -0.05) is 6.07 Å². The van der Waals surface area contributed by atoms with Gasteiger partial charge in [-0.3, -0.25) is 4.99 Å². The van der Waals surface area contributed by atoms with Crippen molar-refractivity contribution in [3.8, 4) is 0 Å². The number of thiazole rings is 1. The van der Waals surface area contributed by atoms with Gasteiger partial charge in [0.15, 0.2) is 5.96 Å². The van der Waals surface area contributed by atoms with Crippen molar-refractivity contribution in [2.24, 2.45) is 4.99 Å². The van der Waals surface area contributed by atoms with Crippen molar-refractivity contribution in [1.82, 2.24) is 15.6 Å². The Balaban J connectivity index is 0.00000261. The summed E-state index contributed by atoms with van der Waals surface area (Å²) in [4.78, 5) is 11.6. The number of hydrogen-bond donors (Lipinski definition) is 2. The highest BCUT2D eigenvalue weighted by Crippen LogP contribution is 2.26. The van der Waals surface area contributed by atoms with Crippen LogP contribution in [0, 0.1) is 25.5 Å². The molecule has 0 aliphatic carbocycles. The third kappa shape index (κ3) is 5.28. The van der Waals surface area contributed by atoms with Crippen LogP contribution in [0.15, 0.2) is 23.2 Å². The van der Waals surface area contributed by atoms with Crippen molar-refractivity contribution in [2.45, 2.75) is 32.9 Å². The van der Waals surface area contributed by atoms with Gasteiger partial charge in [-0.05, 0) is 32.4 Å². The van der Waals surface area contributed by atoms with Gasteiger partial charge in [0.1, 0.15) is 17.3 Å². The molecule has 27 heavy (non-hydrogen) atoms. The zero-order valence-corrected chi connectivity index (χ0v) is 18.7. The number of guanidine groups is 1. The number of aryl methyl sites for hydroxylation is 2. The van der Waals surface area contributed by atoms with Crippen molar-refractivity contribution >= 4 is 47.0 Å². The van der Waals surface area contributed by atoms with Crippen molar-refractivity contribution in [2.75, 3.05) is 25.0 Å². The van der Waals surface area contributed by atoms with Gasteiger partial charge in [-0.15, -0.1) is 35.3 Å². The first kappa shape index (κ1) is 21.8. The molecule has 148 valence electrons. The first-order valence-electron chi connectivity index (χ1n) is 8.57. The van der Waals surface area contributed by atoms with E-state index in [0.717, 1.165) is 17.1 Å². The predicted octanol–water partition coefficient (Wildman–Crippen LogP) is 3.60. The van der Waals surface area contributed by atoms with Gasteiger partial charge in [0.25, 0.3) is 0 Å².